The van der Waals surface area contributed by atoms with Gasteiger partial charge in [0.2, 0.25) is 5.88 Å². The zero-order chi connectivity index (χ0) is 29.1. The van der Waals surface area contributed by atoms with Gasteiger partial charge < -0.3 is 29.9 Å². The number of anilines is 1. The van der Waals surface area contributed by atoms with Crippen molar-refractivity contribution in [3.05, 3.63) is 30.2 Å². The molecular formula is C29H40FN7O4. The molecule has 2 N–H and O–H groups in total. The molecule has 222 valence electrons. The average molecular weight is 570 g/mol. The summed E-state index contributed by atoms with van der Waals surface area (Å²) in [6.07, 6.45) is 3.61. The van der Waals surface area contributed by atoms with Gasteiger partial charge in [0.25, 0.3) is 5.91 Å². The number of hydrogen-bond donors (Lipinski definition) is 2. The lowest BCUT2D eigenvalue weighted by Gasteiger charge is -2.35. The second-order valence-electron chi connectivity index (χ2n) is 12.9. The third-order valence-electron chi connectivity index (χ3n) is 8.98. The number of fused-ring (bicyclic) bond motifs is 2. The van der Waals surface area contributed by atoms with Crippen molar-refractivity contribution in [3.8, 4) is 5.88 Å². The summed E-state index contributed by atoms with van der Waals surface area (Å²) >= 11 is 0. The van der Waals surface area contributed by atoms with E-state index in [1.54, 1.807) is 4.90 Å². The topological polar surface area (TPSA) is 113 Å². The minimum Gasteiger partial charge on any atom is -0.473 e. The van der Waals surface area contributed by atoms with Gasteiger partial charge in [-0.05, 0) is 32.6 Å². The van der Waals surface area contributed by atoms with Gasteiger partial charge in [0.15, 0.2) is 11.5 Å². The van der Waals surface area contributed by atoms with Crippen LogP contribution in [0.3, 0.4) is 0 Å². The highest BCUT2D eigenvalue weighted by Gasteiger charge is 2.57. The van der Waals surface area contributed by atoms with E-state index in [0.29, 0.717) is 43.8 Å². The van der Waals surface area contributed by atoms with Crippen LogP contribution >= 0.6 is 0 Å². The molecule has 6 rings (SSSR count). The molecule has 12 heteroatoms. The summed E-state index contributed by atoms with van der Waals surface area (Å²) in [4.78, 5) is 32.5. The molecule has 11 nitrogen and oxygen atoms in total. The fourth-order valence-electron chi connectivity index (χ4n) is 6.36. The maximum Gasteiger partial charge on any atom is 0.410 e. The molecule has 3 saturated heterocycles. The third kappa shape index (κ3) is 5.58. The molecule has 0 bridgehead atoms. The normalized spacial score (nSPS) is 28.6. The zero-order valence-electron chi connectivity index (χ0n) is 24.2. The van der Waals surface area contributed by atoms with E-state index in [1.807, 2.05) is 16.8 Å². The fraction of sp³-hybridized carbons (Fsp3) is 0.655. The van der Waals surface area contributed by atoms with Crippen LogP contribution in [0.2, 0.25) is 0 Å². The number of likely N-dealkylation sites (tertiary alicyclic amines) is 2. The van der Waals surface area contributed by atoms with Crippen molar-refractivity contribution in [2.45, 2.75) is 76.7 Å². The number of aromatic nitrogens is 3. The number of ether oxygens (including phenoxy) is 2. The lowest BCUT2D eigenvalue weighted by Crippen LogP contribution is -2.50. The number of nitrogens with one attached hydrogen (secondary N) is 2. The summed E-state index contributed by atoms with van der Waals surface area (Å²) in [5.41, 5.74) is 1.97. The molecule has 2 aromatic heterocycles. The molecule has 3 aliphatic heterocycles. The van der Waals surface area contributed by atoms with Crippen molar-refractivity contribution < 1.29 is 23.5 Å². The van der Waals surface area contributed by atoms with Gasteiger partial charge >= 0.3 is 6.09 Å². The van der Waals surface area contributed by atoms with Crippen LogP contribution in [-0.2, 0) is 9.53 Å². The van der Waals surface area contributed by atoms with E-state index in [2.05, 4.69) is 50.0 Å². The van der Waals surface area contributed by atoms with Gasteiger partial charge in [-0.25, -0.2) is 9.18 Å². The predicted octanol–water partition coefficient (Wildman–Crippen LogP) is 3.32. The summed E-state index contributed by atoms with van der Waals surface area (Å²) in [5, 5.41) is 11.9. The van der Waals surface area contributed by atoms with Crippen molar-refractivity contribution in [1.29, 1.82) is 0 Å². The number of halogens is 1. The lowest BCUT2D eigenvalue weighted by molar-refractivity contribution is -0.128. The van der Waals surface area contributed by atoms with Crippen LogP contribution in [0.5, 0.6) is 5.88 Å². The summed E-state index contributed by atoms with van der Waals surface area (Å²) in [5.74, 6) is 0.556. The van der Waals surface area contributed by atoms with Crippen LogP contribution in [0, 0.1) is 11.8 Å². The molecule has 41 heavy (non-hydrogen) atoms. The van der Waals surface area contributed by atoms with Gasteiger partial charge in [-0.3, -0.25) is 4.79 Å². The summed E-state index contributed by atoms with van der Waals surface area (Å²) in [7, 11) is 0. The number of carbonyl (C=O) groups excluding carboxylic acids is 2. The van der Waals surface area contributed by atoms with E-state index in [4.69, 9.17) is 14.5 Å². The van der Waals surface area contributed by atoms with Gasteiger partial charge in [0.05, 0.1) is 12.7 Å². The fourth-order valence-corrected chi connectivity index (χ4v) is 6.36. The summed E-state index contributed by atoms with van der Waals surface area (Å²) in [6.45, 7) is 14.2. The van der Waals surface area contributed by atoms with Gasteiger partial charge in [-0.2, -0.15) is 14.6 Å². The summed E-state index contributed by atoms with van der Waals surface area (Å²) in [6, 6.07) is 2.14. The number of amides is 2. The Bertz CT molecular complexity index is 1340. The predicted molar refractivity (Wildman–Crippen MR) is 150 cm³/mol. The maximum absolute atomic E-state index is 13.2. The van der Waals surface area contributed by atoms with Crippen molar-refractivity contribution >= 4 is 23.5 Å². The van der Waals surface area contributed by atoms with E-state index in [1.165, 1.54) is 4.90 Å². The highest BCUT2D eigenvalue weighted by Crippen LogP contribution is 2.47. The number of nitrogens with zero attached hydrogens (tertiary/aromatic N) is 5. The first-order chi connectivity index (χ1) is 19.5. The lowest BCUT2D eigenvalue weighted by atomic mass is 9.92. The summed E-state index contributed by atoms with van der Waals surface area (Å²) < 4.78 is 27.0. The molecule has 2 amide bonds. The molecule has 3 unspecified atom stereocenters. The quantitative estimate of drug-likeness (QED) is 0.489. The van der Waals surface area contributed by atoms with E-state index < -0.39 is 17.8 Å². The minimum absolute atomic E-state index is 0.0528. The smallest absolute Gasteiger partial charge is 0.410 e. The standard InChI is InChI=1S/C29H40FN7O4/c1-16(2)20-12-32-37-23(10-24(34-26(20)37)40-18-6-8-29(4,5)31-11-18)33-25-21-14-36(15-22(21)25)28(39)41-19-7-9-35(13-19)27(38)17(3)30/h10,12,16,18-19,21-22,25,31,33H,3,6-9,11,13-15H2,1-2,4-5H3/t18-,19?,21?,22?,25?/m1/s1. The molecule has 0 aromatic carbocycles. The molecule has 1 saturated carbocycles. The zero-order valence-corrected chi connectivity index (χ0v) is 24.2. The van der Waals surface area contributed by atoms with Crippen molar-refractivity contribution in [1.82, 2.24) is 29.7 Å². The molecule has 4 atom stereocenters. The van der Waals surface area contributed by atoms with E-state index in [9.17, 15) is 14.0 Å². The van der Waals surface area contributed by atoms with E-state index in [-0.39, 0.29) is 36.2 Å². The maximum atomic E-state index is 13.2. The molecule has 1 aliphatic carbocycles. The Morgan fingerprint density at radius 1 is 1.17 bits per heavy atom. The minimum atomic E-state index is -0.995. The van der Waals surface area contributed by atoms with E-state index in [0.717, 1.165) is 36.4 Å². The Morgan fingerprint density at radius 2 is 1.93 bits per heavy atom. The van der Waals surface area contributed by atoms with Crippen LogP contribution in [0.1, 0.15) is 58.4 Å². The monoisotopic (exact) mass is 569 g/mol. The van der Waals surface area contributed by atoms with Gasteiger partial charge in [0.1, 0.15) is 18.0 Å². The number of hydrogen-bond acceptors (Lipinski definition) is 8. The SMILES string of the molecule is C=C(F)C(=O)N1CCC(OC(=O)N2CC3C(C2)C3Nc2cc(O[C@@H]3CCC(C)(C)NC3)nc3c(C(C)C)cnn23)C1. The first kappa shape index (κ1) is 27.7. The van der Waals surface area contributed by atoms with Crippen molar-refractivity contribution in [3.63, 3.8) is 0 Å². The Kier molecular flexibility index (Phi) is 7.07. The Labute approximate surface area is 239 Å². The second kappa shape index (κ2) is 10.5. The largest absolute Gasteiger partial charge is 0.473 e. The van der Waals surface area contributed by atoms with E-state index >= 15 is 0 Å². The molecule has 0 radical (unpaired) electrons. The number of piperidine rings is 2. The molecule has 2 aromatic rings. The van der Waals surface area contributed by atoms with Gasteiger partial charge in [0, 0.05) is 67.6 Å². The Hall–Kier alpha value is -3.41. The van der Waals surface area contributed by atoms with Crippen LogP contribution in [-0.4, -0.2) is 92.9 Å². The molecule has 4 aliphatic rings. The Morgan fingerprint density at radius 3 is 2.59 bits per heavy atom. The number of rotatable bonds is 7. The van der Waals surface area contributed by atoms with Crippen LogP contribution in [0.4, 0.5) is 15.0 Å². The highest BCUT2D eigenvalue weighted by atomic mass is 19.1. The highest BCUT2D eigenvalue weighted by molar-refractivity contribution is 5.90. The first-order valence-electron chi connectivity index (χ1n) is 14.6. The average Bonchev–Trinajstić information content (AvgIpc) is 3.39. The van der Waals surface area contributed by atoms with Crippen molar-refractivity contribution in [2.75, 3.05) is 38.0 Å². The van der Waals surface area contributed by atoms with Gasteiger partial charge in [-0.1, -0.05) is 20.4 Å². The van der Waals surface area contributed by atoms with Crippen LogP contribution < -0.4 is 15.4 Å². The number of carbonyl (C=O) groups is 2. The third-order valence-corrected chi connectivity index (χ3v) is 8.98. The van der Waals surface area contributed by atoms with Crippen molar-refractivity contribution in [2.24, 2.45) is 11.8 Å². The molecular weight excluding hydrogens is 529 g/mol. The second-order valence-corrected chi connectivity index (χ2v) is 12.9. The first-order valence-corrected chi connectivity index (χ1v) is 14.6. The molecule has 0 spiro atoms. The Balaban J connectivity index is 1.08. The molecule has 5 heterocycles. The molecule has 4 fully saturated rings. The van der Waals surface area contributed by atoms with Crippen LogP contribution in [0.25, 0.3) is 5.65 Å². The van der Waals surface area contributed by atoms with Gasteiger partial charge in [-0.15, -0.1) is 0 Å². The van der Waals surface area contributed by atoms with Crippen LogP contribution in [0.15, 0.2) is 24.7 Å².